The summed E-state index contributed by atoms with van der Waals surface area (Å²) >= 11 is 0. The van der Waals surface area contributed by atoms with Crippen LogP contribution in [-0.4, -0.2) is 43.0 Å². The van der Waals surface area contributed by atoms with Crippen LogP contribution in [0.4, 0.5) is 0 Å². The topological polar surface area (TPSA) is 32.5 Å². The lowest BCUT2D eigenvalue weighted by atomic mass is 9.86. The highest BCUT2D eigenvalue weighted by Crippen LogP contribution is 2.33. The summed E-state index contributed by atoms with van der Waals surface area (Å²) in [5.74, 6) is 0. The smallest absolute Gasteiger partial charge is 0.108 e. The summed E-state index contributed by atoms with van der Waals surface area (Å²) < 4.78 is 0. The second kappa shape index (κ2) is 3.55. The van der Waals surface area contributed by atoms with E-state index in [-0.39, 0.29) is 5.66 Å². The fourth-order valence-electron chi connectivity index (χ4n) is 3.06. The first-order valence-corrected chi connectivity index (χ1v) is 6.01. The van der Waals surface area contributed by atoms with Crippen LogP contribution in [0, 0.1) is 0 Å². The Bertz CT molecular complexity index is 404. The van der Waals surface area contributed by atoms with Crippen molar-refractivity contribution in [2.24, 2.45) is 5.73 Å². The number of piperazine rings is 1. The standard InChI is InChI=1S/C13H19N3/c1-15-8-9-16-7-6-11-4-2-3-5-12(11)13(16,14)10-15/h2-5H,6-10,14H2,1H3/t13-/m0/s1. The SMILES string of the molecule is CN1CCN2CCc3ccccc3[C@]2(N)C1. The molecule has 3 heteroatoms. The summed E-state index contributed by atoms with van der Waals surface area (Å²) in [6, 6.07) is 8.63. The van der Waals surface area contributed by atoms with Gasteiger partial charge in [0.25, 0.3) is 0 Å². The molecule has 0 radical (unpaired) electrons. The normalized spacial score (nSPS) is 30.9. The van der Waals surface area contributed by atoms with Gasteiger partial charge >= 0.3 is 0 Å². The number of hydrogen-bond donors (Lipinski definition) is 1. The highest BCUT2D eigenvalue weighted by Gasteiger charge is 2.42. The molecule has 1 saturated heterocycles. The molecule has 0 bridgehead atoms. The highest BCUT2D eigenvalue weighted by atomic mass is 15.4. The molecular weight excluding hydrogens is 198 g/mol. The van der Waals surface area contributed by atoms with Crippen molar-refractivity contribution in [3.63, 3.8) is 0 Å². The average Bonchev–Trinajstić information content (AvgIpc) is 2.28. The van der Waals surface area contributed by atoms with Gasteiger partial charge in [0.15, 0.2) is 0 Å². The molecule has 2 heterocycles. The Labute approximate surface area is 96.8 Å². The minimum atomic E-state index is -0.262. The van der Waals surface area contributed by atoms with Crippen LogP contribution in [0.2, 0.25) is 0 Å². The van der Waals surface area contributed by atoms with E-state index in [0.717, 1.165) is 32.6 Å². The van der Waals surface area contributed by atoms with Crippen molar-refractivity contribution >= 4 is 0 Å². The predicted octanol–water partition coefficient (Wildman–Crippen LogP) is 0.602. The summed E-state index contributed by atoms with van der Waals surface area (Å²) in [5, 5.41) is 0. The van der Waals surface area contributed by atoms with E-state index in [2.05, 4.69) is 41.1 Å². The zero-order valence-corrected chi connectivity index (χ0v) is 9.82. The second-order valence-electron chi connectivity index (χ2n) is 5.06. The van der Waals surface area contributed by atoms with Crippen molar-refractivity contribution in [1.29, 1.82) is 0 Å². The molecule has 0 saturated carbocycles. The number of fused-ring (bicyclic) bond motifs is 3. The second-order valence-corrected chi connectivity index (χ2v) is 5.06. The molecule has 0 amide bonds. The molecule has 2 N–H and O–H groups in total. The Balaban J connectivity index is 2.07. The monoisotopic (exact) mass is 217 g/mol. The van der Waals surface area contributed by atoms with Crippen LogP contribution in [0.5, 0.6) is 0 Å². The lowest BCUT2D eigenvalue weighted by Crippen LogP contribution is -2.66. The van der Waals surface area contributed by atoms with Gasteiger partial charge in [0, 0.05) is 26.2 Å². The van der Waals surface area contributed by atoms with Gasteiger partial charge in [-0.25, -0.2) is 0 Å². The molecule has 3 nitrogen and oxygen atoms in total. The first kappa shape index (κ1) is 10.3. The van der Waals surface area contributed by atoms with E-state index in [0.29, 0.717) is 0 Å². The van der Waals surface area contributed by atoms with Crippen molar-refractivity contribution in [2.45, 2.75) is 12.1 Å². The van der Waals surface area contributed by atoms with E-state index in [1.54, 1.807) is 0 Å². The van der Waals surface area contributed by atoms with Gasteiger partial charge in [0.05, 0.1) is 0 Å². The summed E-state index contributed by atoms with van der Waals surface area (Å²) in [4.78, 5) is 4.77. The molecule has 3 rings (SSSR count). The maximum absolute atomic E-state index is 6.65. The Kier molecular flexibility index (Phi) is 2.28. The van der Waals surface area contributed by atoms with Crippen LogP contribution < -0.4 is 5.73 Å². The lowest BCUT2D eigenvalue weighted by molar-refractivity contribution is -0.000543. The van der Waals surface area contributed by atoms with Crippen molar-refractivity contribution in [3.8, 4) is 0 Å². The molecular formula is C13H19N3. The number of nitrogens with zero attached hydrogens (tertiary/aromatic N) is 2. The highest BCUT2D eigenvalue weighted by molar-refractivity contribution is 5.36. The summed E-state index contributed by atoms with van der Waals surface area (Å²) in [6.45, 7) is 4.24. The van der Waals surface area contributed by atoms with Crippen LogP contribution in [0.1, 0.15) is 11.1 Å². The van der Waals surface area contributed by atoms with Crippen LogP contribution in [0.3, 0.4) is 0 Å². The van der Waals surface area contributed by atoms with Gasteiger partial charge in [-0.05, 0) is 24.6 Å². The molecule has 1 fully saturated rings. The number of benzene rings is 1. The van der Waals surface area contributed by atoms with Gasteiger partial charge in [-0.15, -0.1) is 0 Å². The minimum Gasteiger partial charge on any atom is -0.308 e. The molecule has 0 aliphatic carbocycles. The van der Waals surface area contributed by atoms with Crippen molar-refractivity contribution in [3.05, 3.63) is 35.4 Å². The van der Waals surface area contributed by atoms with Gasteiger partial charge in [-0.3, -0.25) is 4.90 Å². The molecule has 2 aliphatic heterocycles. The van der Waals surface area contributed by atoms with Gasteiger partial charge in [-0.1, -0.05) is 24.3 Å². The van der Waals surface area contributed by atoms with E-state index < -0.39 is 0 Å². The van der Waals surface area contributed by atoms with E-state index in [1.165, 1.54) is 11.1 Å². The number of rotatable bonds is 0. The third-order valence-corrected chi connectivity index (χ3v) is 3.96. The van der Waals surface area contributed by atoms with Crippen LogP contribution in [0.25, 0.3) is 0 Å². The minimum absolute atomic E-state index is 0.262. The third kappa shape index (κ3) is 1.39. The molecule has 1 atom stereocenters. The molecule has 0 spiro atoms. The zero-order chi connectivity index (χ0) is 11.2. The van der Waals surface area contributed by atoms with E-state index >= 15 is 0 Å². The molecule has 1 aromatic carbocycles. The fraction of sp³-hybridized carbons (Fsp3) is 0.538. The molecule has 1 aromatic rings. The Morgan fingerprint density at radius 1 is 1.19 bits per heavy atom. The van der Waals surface area contributed by atoms with Crippen LogP contribution >= 0.6 is 0 Å². The third-order valence-electron chi connectivity index (χ3n) is 3.96. The van der Waals surface area contributed by atoms with Crippen molar-refractivity contribution < 1.29 is 0 Å². The maximum Gasteiger partial charge on any atom is 0.108 e. The molecule has 2 aliphatic rings. The Morgan fingerprint density at radius 3 is 2.88 bits per heavy atom. The predicted molar refractivity (Wildman–Crippen MR) is 65.1 cm³/mol. The first-order chi connectivity index (χ1) is 7.70. The quantitative estimate of drug-likeness (QED) is 0.691. The number of hydrogen-bond acceptors (Lipinski definition) is 3. The van der Waals surface area contributed by atoms with E-state index in [1.807, 2.05) is 0 Å². The first-order valence-electron chi connectivity index (χ1n) is 6.01. The summed E-state index contributed by atoms with van der Waals surface area (Å²) in [6.07, 6.45) is 1.14. The molecule has 16 heavy (non-hydrogen) atoms. The van der Waals surface area contributed by atoms with Gasteiger partial charge in [0.2, 0.25) is 0 Å². The Morgan fingerprint density at radius 2 is 2.00 bits per heavy atom. The Hall–Kier alpha value is -0.900. The largest absolute Gasteiger partial charge is 0.308 e. The maximum atomic E-state index is 6.65. The molecule has 0 unspecified atom stereocenters. The summed E-state index contributed by atoms with van der Waals surface area (Å²) in [7, 11) is 2.16. The van der Waals surface area contributed by atoms with Crippen LogP contribution in [0.15, 0.2) is 24.3 Å². The van der Waals surface area contributed by atoms with Crippen molar-refractivity contribution in [1.82, 2.24) is 9.80 Å². The van der Waals surface area contributed by atoms with Crippen molar-refractivity contribution in [2.75, 3.05) is 33.2 Å². The molecule has 86 valence electrons. The van der Waals surface area contributed by atoms with E-state index in [9.17, 15) is 0 Å². The van der Waals surface area contributed by atoms with Gasteiger partial charge in [-0.2, -0.15) is 0 Å². The summed E-state index contributed by atoms with van der Waals surface area (Å²) in [5.41, 5.74) is 9.14. The zero-order valence-electron chi connectivity index (χ0n) is 9.82. The fourth-order valence-corrected chi connectivity index (χ4v) is 3.06. The average molecular weight is 217 g/mol. The van der Waals surface area contributed by atoms with Crippen LogP contribution in [-0.2, 0) is 12.1 Å². The lowest BCUT2D eigenvalue weighted by Gasteiger charge is -2.51. The number of nitrogens with two attached hydrogens (primary N) is 1. The van der Waals surface area contributed by atoms with Gasteiger partial charge in [0.1, 0.15) is 5.66 Å². The van der Waals surface area contributed by atoms with Gasteiger partial charge < -0.3 is 10.6 Å². The van der Waals surface area contributed by atoms with E-state index in [4.69, 9.17) is 5.73 Å². The number of likely N-dealkylation sites (N-methyl/N-ethyl adjacent to an activating group) is 1. The molecule has 0 aromatic heterocycles.